The van der Waals surface area contributed by atoms with Crippen LogP contribution in [-0.4, -0.2) is 41.7 Å². The number of amides is 2. The average molecular weight is 429 g/mol. The average Bonchev–Trinajstić information content (AvgIpc) is 2.72. The van der Waals surface area contributed by atoms with Gasteiger partial charge in [-0.3, -0.25) is 14.6 Å². The molecular weight excluding hydrogens is 411 g/mol. The number of anilines is 1. The number of nitrogens with one attached hydrogen (secondary N) is 1. The molecule has 160 valence electrons. The Kier molecular flexibility index (Phi) is 6.54. The second-order valence-corrected chi connectivity index (χ2v) is 6.57. The number of nitrogens with zero attached hydrogens (tertiary/aromatic N) is 2. The molecule has 1 N–H and O–H groups in total. The van der Waals surface area contributed by atoms with Gasteiger partial charge in [0.05, 0.1) is 12.1 Å². The first kappa shape index (κ1) is 21.8. The molecule has 3 aromatic rings. The number of rotatable bonds is 6. The van der Waals surface area contributed by atoms with E-state index in [4.69, 9.17) is 0 Å². The lowest BCUT2D eigenvalue weighted by atomic mass is 10.1. The molecule has 3 rings (SSSR count). The molecule has 0 aliphatic rings. The summed E-state index contributed by atoms with van der Waals surface area (Å²) in [6, 6.07) is 14.1. The Hall–Kier alpha value is -3.88. The van der Waals surface area contributed by atoms with Crippen LogP contribution in [0.3, 0.4) is 0 Å². The van der Waals surface area contributed by atoms with E-state index in [1.165, 1.54) is 30.2 Å². The quantitative estimate of drug-likeness (QED) is 0.595. The summed E-state index contributed by atoms with van der Waals surface area (Å²) in [6.07, 6.45) is -0.144. The van der Waals surface area contributed by atoms with E-state index < -0.39 is 23.9 Å². The number of carbonyl (C=O) groups excluding carboxylic acids is 2. The summed E-state index contributed by atoms with van der Waals surface area (Å²) in [4.78, 5) is 30.0. The van der Waals surface area contributed by atoms with Crippen LogP contribution in [0.2, 0.25) is 0 Å². The molecule has 2 aromatic carbocycles. The predicted molar refractivity (Wildman–Crippen MR) is 110 cm³/mol. The zero-order valence-electron chi connectivity index (χ0n) is 16.4. The Morgan fingerprint density at radius 2 is 1.81 bits per heavy atom. The fourth-order valence-electron chi connectivity index (χ4n) is 2.78. The van der Waals surface area contributed by atoms with Crippen molar-refractivity contribution in [2.45, 2.75) is 6.36 Å². The minimum absolute atomic E-state index is 0.238. The van der Waals surface area contributed by atoms with Gasteiger partial charge in [0.25, 0.3) is 0 Å². The number of para-hydroxylation sites is 1. The van der Waals surface area contributed by atoms with E-state index in [1.807, 2.05) is 30.3 Å². The van der Waals surface area contributed by atoms with E-state index in [0.29, 0.717) is 0 Å². The van der Waals surface area contributed by atoms with Crippen molar-refractivity contribution in [3.63, 3.8) is 0 Å². The first-order chi connectivity index (χ1) is 14.7. The van der Waals surface area contributed by atoms with E-state index in [9.17, 15) is 22.8 Å². The molecule has 0 radical (unpaired) electrons. The van der Waals surface area contributed by atoms with E-state index in [1.54, 1.807) is 12.3 Å². The molecule has 0 saturated carbocycles. The second-order valence-electron chi connectivity index (χ2n) is 6.57. The highest BCUT2D eigenvalue weighted by atomic mass is 19.4. The van der Waals surface area contributed by atoms with Crippen LogP contribution in [0.5, 0.6) is 5.75 Å². The molecule has 0 aliphatic carbocycles. The Bertz CT molecular complexity index is 1110. The van der Waals surface area contributed by atoms with Crippen molar-refractivity contribution >= 4 is 34.5 Å². The van der Waals surface area contributed by atoms with Gasteiger partial charge in [-0.05, 0) is 36.4 Å². The van der Waals surface area contributed by atoms with Crippen molar-refractivity contribution in [1.82, 2.24) is 9.88 Å². The molecule has 0 atom stereocenters. The van der Waals surface area contributed by atoms with E-state index in [0.717, 1.165) is 28.6 Å². The maximum absolute atomic E-state index is 12.3. The number of hydrogen-bond acceptors (Lipinski definition) is 4. The highest BCUT2D eigenvalue weighted by molar-refractivity contribution is 5.99. The minimum Gasteiger partial charge on any atom is -0.406 e. The van der Waals surface area contributed by atoms with Gasteiger partial charge in [0.15, 0.2) is 0 Å². The van der Waals surface area contributed by atoms with Gasteiger partial charge in [-0.15, -0.1) is 13.2 Å². The van der Waals surface area contributed by atoms with Crippen molar-refractivity contribution in [2.24, 2.45) is 0 Å². The molecular formula is C22H18F3N3O3. The summed E-state index contributed by atoms with van der Waals surface area (Å²) in [5.41, 5.74) is 1.80. The van der Waals surface area contributed by atoms with Crippen LogP contribution in [0.25, 0.3) is 17.0 Å². The van der Waals surface area contributed by atoms with Crippen molar-refractivity contribution in [2.75, 3.05) is 18.9 Å². The maximum atomic E-state index is 12.3. The maximum Gasteiger partial charge on any atom is 0.573 e. The Labute approximate surface area is 175 Å². The number of fused-ring (bicyclic) bond motifs is 1. The van der Waals surface area contributed by atoms with Gasteiger partial charge in [0.1, 0.15) is 5.75 Å². The number of likely N-dealkylation sites (N-methyl/N-ethyl adjacent to an activating group) is 1. The van der Waals surface area contributed by atoms with E-state index in [2.05, 4.69) is 15.0 Å². The summed E-state index contributed by atoms with van der Waals surface area (Å²) in [5, 5.41) is 3.45. The molecule has 9 heteroatoms. The van der Waals surface area contributed by atoms with Crippen molar-refractivity contribution in [3.05, 3.63) is 72.4 Å². The first-order valence-electron chi connectivity index (χ1n) is 9.14. The zero-order chi connectivity index (χ0) is 22.4. The minimum atomic E-state index is -4.79. The summed E-state index contributed by atoms with van der Waals surface area (Å²) < 4.78 is 40.3. The van der Waals surface area contributed by atoms with Crippen LogP contribution >= 0.6 is 0 Å². The number of benzene rings is 2. The lowest BCUT2D eigenvalue weighted by Crippen LogP contribution is -2.33. The summed E-state index contributed by atoms with van der Waals surface area (Å²) >= 11 is 0. The van der Waals surface area contributed by atoms with Gasteiger partial charge < -0.3 is 15.0 Å². The molecule has 2 amide bonds. The molecule has 6 nitrogen and oxygen atoms in total. The summed E-state index contributed by atoms with van der Waals surface area (Å²) in [7, 11) is 1.47. The molecule has 0 spiro atoms. The molecule has 0 saturated heterocycles. The normalized spacial score (nSPS) is 11.5. The SMILES string of the molecule is CN(CC(=O)Nc1ccc(OC(F)(F)F)cc1)C(=O)/C=C/c1cccc2cccnc12. The molecule has 1 aromatic heterocycles. The number of pyridine rings is 1. The van der Waals surface area contributed by atoms with Crippen LogP contribution in [-0.2, 0) is 9.59 Å². The Balaban J connectivity index is 1.56. The number of halogens is 3. The van der Waals surface area contributed by atoms with Crippen LogP contribution in [0.15, 0.2) is 66.9 Å². The molecule has 31 heavy (non-hydrogen) atoms. The fraction of sp³-hybridized carbons (Fsp3) is 0.136. The van der Waals surface area contributed by atoms with Crippen LogP contribution in [0.4, 0.5) is 18.9 Å². The summed E-state index contributed by atoms with van der Waals surface area (Å²) in [6.45, 7) is -0.238. The van der Waals surface area contributed by atoms with Gasteiger partial charge in [0.2, 0.25) is 11.8 Å². The lowest BCUT2D eigenvalue weighted by Gasteiger charge is -2.15. The highest BCUT2D eigenvalue weighted by Gasteiger charge is 2.30. The fourth-order valence-corrected chi connectivity index (χ4v) is 2.78. The number of alkyl halides is 3. The molecule has 0 fully saturated rings. The van der Waals surface area contributed by atoms with Crippen molar-refractivity contribution in [1.29, 1.82) is 0 Å². The number of hydrogen-bond donors (Lipinski definition) is 1. The third-order valence-corrected chi connectivity index (χ3v) is 4.20. The molecule has 0 unspecified atom stereocenters. The summed E-state index contributed by atoms with van der Waals surface area (Å²) in [5.74, 6) is -1.29. The van der Waals surface area contributed by atoms with Gasteiger partial charge in [0, 0.05) is 36.0 Å². The van der Waals surface area contributed by atoms with Gasteiger partial charge in [-0.1, -0.05) is 24.3 Å². The third kappa shape index (κ3) is 6.30. The van der Waals surface area contributed by atoms with Crippen LogP contribution in [0.1, 0.15) is 5.56 Å². The Morgan fingerprint density at radius 3 is 2.52 bits per heavy atom. The number of aromatic nitrogens is 1. The number of ether oxygens (including phenoxy) is 1. The van der Waals surface area contributed by atoms with Gasteiger partial charge in [-0.25, -0.2) is 0 Å². The lowest BCUT2D eigenvalue weighted by molar-refractivity contribution is -0.274. The van der Waals surface area contributed by atoms with E-state index in [-0.39, 0.29) is 12.2 Å². The van der Waals surface area contributed by atoms with Crippen molar-refractivity contribution < 1.29 is 27.5 Å². The monoisotopic (exact) mass is 429 g/mol. The van der Waals surface area contributed by atoms with E-state index >= 15 is 0 Å². The zero-order valence-corrected chi connectivity index (χ0v) is 16.4. The highest BCUT2D eigenvalue weighted by Crippen LogP contribution is 2.24. The largest absolute Gasteiger partial charge is 0.573 e. The van der Waals surface area contributed by atoms with Crippen molar-refractivity contribution in [3.8, 4) is 5.75 Å². The first-order valence-corrected chi connectivity index (χ1v) is 9.14. The molecule has 0 bridgehead atoms. The van der Waals surface area contributed by atoms with Crippen LogP contribution in [0, 0.1) is 0 Å². The molecule has 1 heterocycles. The van der Waals surface area contributed by atoms with Crippen LogP contribution < -0.4 is 10.1 Å². The number of carbonyl (C=O) groups is 2. The second kappa shape index (κ2) is 9.29. The predicted octanol–water partition coefficient (Wildman–Crippen LogP) is 4.24. The molecule has 0 aliphatic heterocycles. The smallest absolute Gasteiger partial charge is 0.406 e. The Morgan fingerprint density at radius 1 is 1.10 bits per heavy atom. The van der Waals surface area contributed by atoms with Gasteiger partial charge in [-0.2, -0.15) is 0 Å². The standard InChI is InChI=1S/C22H18F3N3O3/c1-28(14-19(29)27-17-8-10-18(11-9-17)31-22(23,24)25)20(30)12-7-16-5-2-4-15-6-3-13-26-21(15)16/h2-13H,14H2,1H3,(H,27,29)/b12-7+. The van der Waals surface area contributed by atoms with Gasteiger partial charge >= 0.3 is 6.36 Å². The topological polar surface area (TPSA) is 71.5 Å². The third-order valence-electron chi connectivity index (χ3n) is 4.20.